The van der Waals surface area contributed by atoms with E-state index in [1.807, 2.05) is 0 Å². The summed E-state index contributed by atoms with van der Waals surface area (Å²) in [6.45, 7) is 0. The Bertz CT molecular complexity index is 569. The van der Waals surface area contributed by atoms with Crippen molar-refractivity contribution in [2.75, 3.05) is 5.32 Å². The highest BCUT2D eigenvalue weighted by atomic mass is 16.6. The molecule has 0 unspecified atom stereocenters. The van der Waals surface area contributed by atoms with Crippen LogP contribution in [0.2, 0.25) is 0 Å². The summed E-state index contributed by atoms with van der Waals surface area (Å²) in [4.78, 5) is 21.4. The summed E-state index contributed by atoms with van der Waals surface area (Å²) in [5.74, 6) is -0.419. The molecular weight excluding hydrogens is 210 g/mol. The number of anilines is 1. The average molecular weight is 215 g/mol. The third kappa shape index (κ3) is 1.40. The highest BCUT2D eigenvalue weighted by molar-refractivity contribution is 6.32. The quantitative estimate of drug-likeness (QED) is 0.332. The molecule has 0 aliphatic carbocycles. The highest BCUT2D eigenvalue weighted by Gasteiger charge is 2.25. The van der Waals surface area contributed by atoms with Crippen LogP contribution in [0.4, 0.5) is 11.4 Å². The van der Waals surface area contributed by atoms with E-state index in [1.165, 1.54) is 18.2 Å². The lowest BCUT2D eigenvalue weighted by molar-refractivity contribution is -0.384. The number of hydrogen-bond donors (Lipinski definition) is 1. The van der Waals surface area contributed by atoms with E-state index < -0.39 is 10.8 Å². The first-order chi connectivity index (χ1) is 7.63. The normalized spacial score (nSPS) is 15.4. The monoisotopic (exact) mass is 215 g/mol. The number of nitro benzene ring substituents is 1. The third-order valence-corrected chi connectivity index (χ3v) is 2.21. The van der Waals surface area contributed by atoms with Gasteiger partial charge in [0.15, 0.2) is 0 Å². The van der Waals surface area contributed by atoms with Gasteiger partial charge in [0.25, 0.3) is 11.6 Å². The van der Waals surface area contributed by atoms with E-state index in [-0.39, 0.29) is 11.3 Å². The summed E-state index contributed by atoms with van der Waals surface area (Å²) >= 11 is 0. The maximum absolute atomic E-state index is 11.4. The largest absolute Gasteiger partial charge is 0.321 e. The molecule has 0 atom stereocenters. The van der Waals surface area contributed by atoms with Crippen molar-refractivity contribution >= 4 is 22.9 Å². The van der Waals surface area contributed by atoms with Crippen LogP contribution in [0.5, 0.6) is 0 Å². The molecule has 0 saturated carbocycles. The van der Waals surface area contributed by atoms with Gasteiger partial charge in [-0.05, 0) is 6.07 Å². The number of carbonyl (C=O) groups excluding carboxylic acids is 1. The molecule has 1 aliphatic rings. The van der Waals surface area contributed by atoms with E-state index in [0.29, 0.717) is 11.3 Å². The smallest absolute Gasteiger partial charge is 0.270 e. The topological polar surface area (TPSA) is 96.0 Å². The number of nitrogens with one attached hydrogen (secondary N) is 1. The summed E-state index contributed by atoms with van der Waals surface area (Å²) < 4.78 is 0. The van der Waals surface area contributed by atoms with Crippen molar-refractivity contribution in [3.8, 4) is 6.07 Å². The average Bonchev–Trinajstić information content (AvgIpc) is 2.55. The Balaban J connectivity index is 2.60. The lowest BCUT2D eigenvalue weighted by atomic mass is 10.1. The molecule has 78 valence electrons. The number of nitriles is 1. The second kappa shape index (κ2) is 3.47. The van der Waals surface area contributed by atoms with Gasteiger partial charge >= 0.3 is 0 Å². The van der Waals surface area contributed by atoms with E-state index in [1.54, 1.807) is 6.07 Å². The van der Waals surface area contributed by atoms with E-state index in [2.05, 4.69) is 5.32 Å². The molecule has 0 fully saturated rings. The molecule has 1 amide bonds. The molecule has 0 bridgehead atoms. The fourth-order valence-corrected chi connectivity index (χ4v) is 1.50. The molecule has 6 nitrogen and oxygen atoms in total. The van der Waals surface area contributed by atoms with Gasteiger partial charge in [0.2, 0.25) is 0 Å². The van der Waals surface area contributed by atoms with Gasteiger partial charge in [0.05, 0.1) is 16.6 Å². The zero-order valence-corrected chi connectivity index (χ0v) is 7.93. The highest BCUT2D eigenvalue weighted by Crippen LogP contribution is 2.34. The SMILES string of the molecule is N#CC=C1C(=O)Nc2ccc([N+](=O)[O-])cc21. The standard InChI is InChI=1S/C10H5N3O3/c11-4-3-7-8-5-6(13(15)16)1-2-9(8)12-10(7)14/h1-3,5H,(H,12,14). The van der Waals surface area contributed by atoms with Gasteiger partial charge in [0.1, 0.15) is 0 Å². The predicted molar refractivity (Wildman–Crippen MR) is 55.3 cm³/mol. The third-order valence-electron chi connectivity index (χ3n) is 2.21. The van der Waals surface area contributed by atoms with Gasteiger partial charge in [-0.2, -0.15) is 5.26 Å². The van der Waals surface area contributed by atoms with Crippen LogP contribution in [0.15, 0.2) is 24.3 Å². The van der Waals surface area contributed by atoms with Crippen molar-refractivity contribution in [1.82, 2.24) is 0 Å². The maximum Gasteiger partial charge on any atom is 0.270 e. The fraction of sp³-hybridized carbons (Fsp3) is 0. The zero-order valence-electron chi connectivity index (χ0n) is 7.93. The first kappa shape index (κ1) is 9.86. The van der Waals surface area contributed by atoms with Crippen molar-refractivity contribution in [2.24, 2.45) is 0 Å². The molecule has 6 heteroatoms. The number of nitro groups is 1. The van der Waals surface area contributed by atoms with Crippen LogP contribution in [0, 0.1) is 21.4 Å². The molecule has 0 aromatic heterocycles. The van der Waals surface area contributed by atoms with Gasteiger partial charge < -0.3 is 5.32 Å². The second-order valence-electron chi connectivity index (χ2n) is 3.13. The molecular formula is C10H5N3O3. The van der Waals surface area contributed by atoms with E-state index >= 15 is 0 Å². The summed E-state index contributed by atoms with van der Waals surface area (Å²) in [6.07, 6.45) is 1.07. The fourth-order valence-electron chi connectivity index (χ4n) is 1.50. The Morgan fingerprint density at radius 3 is 2.88 bits per heavy atom. The van der Waals surface area contributed by atoms with Gasteiger partial charge in [-0.3, -0.25) is 14.9 Å². The lowest BCUT2D eigenvalue weighted by Crippen LogP contribution is -2.03. The Labute approximate surface area is 90.0 Å². The number of carbonyl (C=O) groups is 1. The summed E-state index contributed by atoms with van der Waals surface area (Å²) in [6, 6.07) is 5.76. The number of hydrogen-bond acceptors (Lipinski definition) is 4. The number of amides is 1. The molecule has 2 rings (SSSR count). The second-order valence-corrected chi connectivity index (χ2v) is 3.13. The Morgan fingerprint density at radius 1 is 1.50 bits per heavy atom. The number of benzene rings is 1. The number of rotatable bonds is 1. The van der Waals surface area contributed by atoms with Crippen LogP contribution in [0.3, 0.4) is 0 Å². The molecule has 1 N–H and O–H groups in total. The number of allylic oxidation sites excluding steroid dienone is 1. The molecule has 0 spiro atoms. The predicted octanol–water partition coefficient (Wildman–Crippen LogP) is 1.45. The number of non-ortho nitro benzene ring substituents is 1. The Hall–Kier alpha value is -2.68. The minimum absolute atomic E-state index is 0.112. The first-order valence-electron chi connectivity index (χ1n) is 4.33. The Kier molecular flexibility index (Phi) is 2.14. The van der Waals surface area contributed by atoms with Crippen molar-refractivity contribution in [1.29, 1.82) is 5.26 Å². The molecule has 1 aromatic rings. The summed E-state index contributed by atoms with van der Waals surface area (Å²) in [5, 5.41) is 21.6. The first-order valence-corrected chi connectivity index (χ1v) is 4.33. The van der Waals surface area contributed by atoms with Gasteiger partial charge in [0, 0.05) is 29.5 Å². The van der Waals surface area contributed by atoms with Crippen LogP contribution in [-0.2, 0) is 4.79 Å². The number of fused-ring (bicyclic) bond motifs is 1. The van der Waals surface area contributed by atoms with Crippen LogP contribution in [0.25, 0.3) is 5.57 Å². The van der Waals surface area contributed by atoms with Gasteiger partial charge in [-0.25, -0.2) is 0 Å². The van der Waals surface area contributed by atoms with Crippen molar-refractivity contribution in [2.45, 2.75) is 0 Å². The molecule has 1 heterocycles. The lowest BCUT2D eigenvalue weighted by Gasteiger charge is -1.96. The van der Waals surface area contributed by atoms with Gasteiger partial charge in [-0.15, -0.1) is 0 Å². The van der Waals surface area contributed by atoms with Crippen LogP contribution in [-0.4, -0.2) is 10.8 Å². The zero-order chi connectivity index (χ0) is 11.7. The molecule has 0 saturated heterocycles. The molecule has 1 aromatic carbocycles. The van der Waals surface area contributed by atoms with E-state index in [0.717, 1.165) is 6.08 Å². The van der Waals surface area contributed by atoms with E-state index in [9.17, 15) is 14.9 Å². The van der Waals surface area contributed by atoms with Crippen molar-refractivity contribution < 1.29 is 9.72 Å². The molecule has 1 aliphatic heterocycles. The summed E-state index contributed by atoms with van der Waals surface area (Å²) in [7, 11) is 0. The van der Waals surface area contributed by atoms with Crippen LogP contribution >= 0.6 is 0 Å². The minimum Gasteiger partial charge on any atom is -0.321 e. The number of nitrogens with zero attached hydrogens (tertiary/aromatic N) is 2. The summed E-state index contributed by atoms with van der Waals surface area (Å²) in [5.41, 5.74) is 0.915. The van der Waals surface area contributed by atoms with E-state index in [4.69, 9.17) is 5.26 Å². The van der Waals surface area contributed by atoms with Crippen LogP contribution < -0.4 is 5.32 Å². The van der Waals surface area contributed by atoms with Gasteiger partial charge in [-0.1, -0.05) is 0 Å². The molecule has 16 heavy (non-hydrogen) atoms. The van der Waals surface area contributed by atoms with Crippen molar-refractivity contribution in [3.05, 3.63) is 40.0 Å². The van der Waals surface area contributed by atoms with Crippen LogP contribution in [0.1, 0.15) is 5.56 Å². The maximum atomic E-state index is 11.4. The Morgan fingerprint density at radius 2 is 2.25 bits per heavy atom. The van der Waals surface area contributed by atoms with Crippen molar-refractivity contribution in [3.63, 3.8) is 0 Å². The molecule has 0 radical (unpaired) electrons. The minimum atomic E-state index is -0.549.